The SMILES string of the molecule is CCCCNCc1ccc(F)cc1B(O)O. The largest absolute Gasteiger partial charge is 0.488 e. The van der Waals surface area contributed by atoms with Gasteiger partial charge < -0.3 is 15.4 Å². The molecule has 0 heterocycles. The molecule has 0 unspecified atom stereocenters. The van der Waals surface area contributed by atoms with Gasteiger partial charge in [-0.2, -0.15) is 0 Å². The second kappa shape index (κ2) is 6.63. The highest BCUT2D eigenvalue weighted by atomic mass is 19.1. The minimum Gasteiger partial charge on any atom is -0.423 e. The Morgan fingerprint density at radius 3 is 2.75 bits per heavy atom. The van der Waals surface area contributed by atoms with Crippen molar-refractivity contribution >= 4 is 12.6 Å². The maximum Gasteiger partial charge on any atom is 0.488 e. The van der Waals surface area contributed by atoms with Crippen molar-refractivity contribution in [3.8, 4) is 0 Å². The van der Waals surface area contributed by atoms with Crippen molar-refractivity contribution < 1.29 is 14.4 Å². The number of nitrogens with one attached hydrogen (secondary N) is 1. The van der Waals surface area contributed by atoms with Crippen molar-refractivity contribution in [1.82, 2.24) is 5.32 Å². The van der Waals surface area contributed by atoms with Gasteiger partial charge in [0.1, 0.15) is 5.82 Å². The van der Waals surface area contributed by atoms with Gasteiger partial charge in [0.25, 0.3) is 0 Å². The third-order valence-electron chi connectivity index (χ3n) is 2.41. The van der Waals surface area contributed by atoms with E-state index in [-0.39, 0.29) is 5.46 Å². The zero-order chi connectivity index (χ0) is 12.0. The molecule has 0 bridgehead atoms. The van der Waals surface area contributed by atoms with Crippen LogP contribution in [0.4, 0.5) is 4.39 Å². The van der Waals surface area contributed by atoms with Crippen LogP contribution in [0.15, 0.2) is 18.2 Å². The van der Waals surface area contributed by atoms with Crippen LogP contribution in [-0.4, -0.2) is 23.7 Å². The summed E-state index contributed by atoms with van der Waals surface area (Å²) in [5.41, 5.74) is 0.941. The molecule has 1 aromatic rings. The van der Waals surface area contributed by atoms with Crippen molar-refractivity contribution in [3.05, 3.63) is 29.6 Å². The van der Waals surface area contributed by atoms with Crippen molar-refractivity contribution in [2.24, 2.45) is 0 Å². The summed E-state index contributed by atoms with van der Waals surface area (Å²) < 4.78 is 12.9. The van der Waals surface area contributed by atoms with E-state index in [0.717, 1.165) is 25.5 Å². The van der Waals surface area contributed by atoms with Crippen LogP contribution >= 0.6 is 0 Å². The van der Waals surface area contributed by atoms with E-state index >= 15 is 0 Å². The molecule has 0 aliphatic heterocycles. The second-order valence-corrected chi connectivity index (χ2v) is 3.75. The fourth-order valence-corrected chi connectivity index (χ4v) is 1.49. The zero-order valence-electron chi connectivity index (χ0n) is 9.41. The average molecular weight is 225 g/mol. The lowest BCUT2D eigenvalue weighted by atomic mass is 9.77. The number of halogens is 1. The fraction of sp³-hybridized carbons (Fsp3) is 0.455. The Balaban J connectivity index is 2.64. The van der Waals surface area contributed by atoms with Gasteiger partial charge >= 0.3 is 7.12 Å². The average Bonchev–Trinajstić information content (AvgIpc) is 2.26. The predicted octanol–water partition coefficient (Wildman–Crippen LogP) is 0.395. The standard InChI is InChI=1S/C11H17BFNO2/c1-2-3-6-14-8-9-4-5-10(13)7-11(9)12(15)16/h4-5,7,14-16H,2-3,6,8H2,1H3. The number of hydrogen-bond acceptors (Lipinski definition) is 3. The minimum atomic E-state index is -1.63. The summed E-state index contributed by atoms with van der Waals surface area (Å²) in [5.74, 6) is -0.458. The number of rotatable bonds is 6. The third kappa shape index (κ3) is 3.92. The Morgan fingerprint density at radius 2 is 2.12 bits per heavy atom. The first-order valence-electron chi connectivity index (χ1n) is 5.50. The molecule has 3 nitrogen and oxygen atoms in total. The third-order valence-corrected chi connectivity index (χ3v) is 2.41. The minimum absolute atomic E-state index is 0.226. The summed E-state index contributed by atoms with van der Waals surface area (Å²) in [6.07, 6.45) is 2.17. The normalized spacial score (nSPS) is 10.5. The molecule has 0 fully saturated rings. The first kappa shape index (κ1) is 13.2. The summed E-state index contributed by atoms with van der Waals surface area (Å²) in [5, 5.41) is 21.4. The lowest BCUT2D eigenvalue weighted by molar-refractivity contribution is 0.424. The summed E-state index contributed by atoms with van der Waals surface area (Å²) >= 11 is 0. The van der Waals surface area contributed by atoms with Crippen LogP contribution in [0.1, 0.15) is 25.3 Å². The molecule has 1 rings (SSSR count). The van der Waals surface area contributed by atoms with Gasteiger partial charge in [-0.3, -0.25) is 0 Å². The molecule has 16 heavy (non-hydrogen) atoms. The molecular weight excluding hydrogens is 208 g/mol. The van der Waals surface area contributed by atoms with Crippen LogP contribution in [0, 0.1) is 5.82 Å². The van der Waals surface area contributed by atoms with Crippen LogP contribution in [-0.2, 0) is 6.54 Å². The van der Waals surface area contributed by atoms with Crippen LogP contribution in [0.5, 0.6) is 0 Å². The Kier molecular flexibility index (Phi) is 5.45. The van der Waals surface area contributed by atoms with Gasteiger partial charge in [0.15, 0.2) is 0 Å². The van der Waals surface area contributed by atoms with Gasteiger partial charge in [0.05, 0.1) is 0 Å². The molecule has 0 spiro atoms. The highest BCUT2D eigenvalue weighted by Gasteiger charge is 2.16. The van der Waals surface area contributed by atoms with Gasteiger partial charge in [-0.1, -0.05) is 19.4 Å². The molecule has 0 aliphatic carbocycles. The Hall–Kier alpha value is -0.905. The molecule has 1 aromatic carbocycles. The highest BCUT2D eigenvalue weighted by Crippen LogP contribution is 2.01. The van der Waals surface area contributed by atoms with E-state index in [1.165, 1.54) is 6.07 Å². The maximum absolute atomic E-state index is 12.9. The van der Waals surface area contributed by atoms with Gasteiger partial charge in [-0.05, 0) is 36.1 Å². The van der Waals surface area contributed by atoms with E-state index in [4.69, 9.17) is 10.0 Å². The van der Waals surface area contributed by atoms with Crippen LogP contribution in [0.25, 0.3) is 0 Å². The predicted molar refractivity (Wildman–Crippen MR) is 62.8 cm³/mol. The second-order valence-electron chi connectivity index (χ2n) is 3.75. The molecule has 5 heteroatoms. The van der Waals surface area contributed by atoms with Crippen LogP contribution in [0.2, 0.25) is 0 Å². The zero-order valence-corrected chi connectivity index (χ0v) is 9.41. The van der Waals surface area contributed by atoms with E-state index in [9.17, 15) is 4.39 Å². The molecule has 0 saturated carbocycles. The summed E-state index contributed by atoms with van der Waals surface area (Å²) in [4.78, 5) is 0. The van der Waals surface area contributed by atoms with Gasteiger partial charge in [0, 0.05) is 6.54 Å². The van der Waals surface area contributed by atoms with E-state index in [1.54, 1.807) is 6.07 Å². The van der Waals surface area contributed by atoms with Gasteiger partial charge in [0.2, 0.25) is 0 Å². The molecule has 0 radical (unpaired) electrons. The lowest BCUT2D eigenvalue weighted by Crippen LogP contribution is -2.35. The topological polar surface area (TPSA) is 52.5 Å². The fourth-order valence-electron chi connectivity index (χ4n) is 1.49. The summed E-state index contributed by atoms with van der Waals surface area (Å²) in [6.45, 7) is 3.49. The summed E-state index contributed by atoms with van der Waals surface area (Å²) in [7, 11) is -1.63. The van der Waals surface area contributed by atoms with E-state index < -0.39 is 12.9 Å². The van der Waals surface area contributed by atoms with Crippen molar-refractivity contribution in [3.63, 3.8) is 0 Å². The maximum atomic E-state index is 12.9. The van der Waals surface area contributed by atoms with Gasteiger partial charge in [-0.25, -0.2) is 4.39 Å². The molecule has 3 N–H and O–H groups in total. The van der Waals surface area contributed by atoms with E-state index in [1.807, 2.05) is 0 Å². The highest BCUT2D eigenvalue weighted by molar-refractivity contribution is 6.59. The number of benzene rings is 1. The van der Waals surface area contributed by atoms with Crippen LogP contribution < -0.4 is 10.8 Å². The van der Waals surface area contributed by atoms with E-state index in [2.05, 4.69) is 12.2 Å². The summed E-state index contributed by atoms with van der Waals surface area (Å²) in [6, 6.07) is 4.05. The van der Waals surface area contributed by atoms with Crippen molar-refractivity contribution in [2.45, 2.75) is 26.3 Å². The molecule has 0 aliphatic rings. The Bertz CT molecular complexity index is 334. The molecule has 0 aromatic heterocycles. The van der Waals surface area contributed by atoms with Crippen molar-refractivity contribution in [1.29, 1.82) is 0 Å². The van der Waals surface area contributed by atoms with Crippen molar-refractivity contribution in [2.75, 3.05) is 6.54 Å². The number of unbranched alkanes of at least 4 members (excludes halogenated alkanes) is 1. The lowest BCUT2D eigenvalue weighted by Gasteiger charge is -2.10. The quantitative estimate of drug-likeness (QED) is 0.485. The monoisotopic (exact) mass is 225 g/mol. The Labute approximate surface area is 95.5 Å². The smallest absolute Gasteiger partial charge is 0.423 e. The first-order chi connectivity index (χ1) is 7.65. The number of hydrogen-bond donors (Lipinski definition) is 3. The Morgan fingerprint density at radius 1 is 1.38 bits per heavy atom. The van der Waals surface area contributed by atoms with Gasteiger partial charge in [-0.15, -0.1) is 0 Å². The molecular formula is C11H17BFNO2. The van der Waals surface area contributed by atoms with Crippen LogP contribution in [0.3, 0.4) is 0 Å². The molecule has 0 saturated heterocycles. The van der Waals surface area contributed by atoms with E-state index in [0.29, 0.717) is 12.1 Å². The molecule has 88 valence electrons. The molecule has 0 atom stereocenters. The first-order valence-corrected chi connectivity index (χ1v) is 5.50. The molecule has 0 amide bonds.